The van der Waals surface area contributed by atoms with E-state index in [0.717, 1.165) is 38.5 Å². The molecule has 1 rings (SSSR count). The van der Waals surface area contributed by atoms with Crippen LogP contribution in [-0.2, 0) is 4.79 Å². The van der Waals surface area contributed by atoms with Crippen LogP contribution in [0.1, 0.15) is 58.8 Å². The highest BCUT2D eigenvalue weighted by atomic mass is 16.3. The fourth-order valence-electron chi connectivity index (χ4n) is 2.88. The second kappa shape index (κ2) is 9.01. The van der Waals surface area contributed by atoms with Gasteiger partial charge >= 0.3 is 0 Å². The molecule has 0 bridgehead atoms. The van der Waals surface area contributed by atoms with Crippen molar-refractivity contribution < 1.29 is 9.90 Å². The number of nitriles is 1. The Bertz CT molecular complexity index is 355. The molecule has 0 aromatic rings. The zero-order chi connectivity index (χ0) is 15.7. The van der Waals surface area contributed by atoms with Gasteiger partial charge in [0, 0.05) is 19.2 Å². The summed E-state index contributed by atoms with van der Waals surface area (Å²) in [5, 5.41) is 21.4. The average molecular weight is 295 g/mol. The zero-order valence-electron chi connectivity index (χ0n) is 13.4. The number of amides is 1. The third kappa shape index (κ3) is 6.03. The maximum atomic E-state index is 12.3. The molecule has 0 atom stereocenters. The Morgan fingerprint density at radius 2 is 1.95 bits per heavy atom. The predicted molar refractivity (Wildman–Crippen MR) is 82.6 cm³/mol. The van der Waals surface area contributed by atoms with Gasteiger partial charge in [0.1, 0.15) is 5.54 Å². The molecule has 0 spiro atoms. The SMILES string of the molecule is CC(C)N(CCCO)CC(=O)NC1(C#N)CCCCCC1. The summed E-state index contributed by atoms with van der Waals surface area (Å²) in [4.78, 5) is 14.3. The standard InChI is InChI=1S/C16H29N3O2/c1-14(2)19(10-7-11-20)12-15(21)18-16(13-17)8-5-3-4-6-9-16/h14,20H,3-12H2,1-2H3,(H,18,21). The van der Waals surface area contributed by atoms with Gasteiger partial charge < -0.3 is 10.4 Å². The van der Waals surface area contributed by atoms with Crippen LogP contribution in [0.3, 0.4) is 0 Å². The molecule has 0 radical (unpaired) electrons. The summed E-state index contributed by atoms with van der Waals surface area (Å²) < 4.78 is 0. The Labute approximate surface area is 128 Å². The molecule has 1 saturated carbocycles. The number of nitrogens with one attached hydrogen (secondary N) is 1. The Kier molecular flexibility index (Phi) is 7.69. The second-order valence-corrected chi connectivity index (χ2v) is 6.30. The van der Waals surface area contributed by atoms with Crippen LogP contribution in [0.15, 0.2) is 0 Å². The number of aliphatic hydroxyl groups is 1. The van der Waals surface area contributed by atoms with Gasteiger partial charge in [0.25, 0.3) is 0 Å². The van der Waals surface area contributed by atoms with E-state index in [-0.39, 0.29) is 18.6 Å². The number of nitrogens with zero attached hydrogens (tertiary/aromatic N) is 2. The van der Waals surface area contributed by atoms with Crippen molar-refractivity contribution in [1.29, 1.82) is 5.26 Å². The van der Waals surface area contributed by atoms with E-state index in [0.29, 0.717) is 19.5 Å². The molecule has 5 nitrogen and oxygen atoms in total. The maximum Gasteiger partial charge on any atom is 0.235 e. The summed E-state index contributed by atoms with van der Waals surface area (Å²) in [6, 6.07) is 2.59. The molecule has 5 heteroatoms. The topological polar surface area (TPSA) is 76.4 Å². The number of rotatable bonds is 7. The van der Waals surface area contributed by atoms with Crippen LogP contribution in [0.5, 0.6) is 0 Å². The van der Waals surface area contributed by atoms with Gasteiger partial charge in [0.05, 0.1) is 12.6 Å². The minimum atomic E-state index is -0.673. The predicted octanol–water partition coefficient (Wildman–Crippen LogP) is 1.81. The van der Waals surface area contributed by atoms with Crippen molar-refractivity contribution in [2.45, 2.75) is 70.4 Å². The first-order valence-corrected chi connectivity index (χ1v) is 8.10. The lowest BCUT2D eigenvalue weighted by molar-refractivity contribution is -0.124. The van der Waals surface area contributed by atoms with Crippen LogP contribution >= 0.6 is 0 Å². The summed E-state index contributed by atoms with van der Waals surface area (Å²) in [5.74, 6) is -0.0786. The van der Waals surface area contributed by atoms with Crippen LogP contribution in [-0.4, -0.2) is 47.2 Å². The molecule has 1 aliphatic rings. The van der Waals surface area contributed by atoms with Crippen molar-refractivity contribution in [3.05, 3.63) is 0 Å². The van der Waals surface area contributed by atoms with Crippen molar-refractivity contribution in [3.63, 3.8) is 0 Å². The van der Waals surface area contributed by atoms with E-state index in [1.807, 2.05) is 18.7 Å². The number of hydrogen-bond acceptors (Lipinski definition) is 4. The summed E-state index contributed by atoms with van der Waals surface area (Å²) in [5.41, 5.74) is -0.673. The molecular weight excluding hydrogens is 266 g/mol. The van der Waals surface area contributed by atoms with Gasteiger partial charge in [-0.3, -0.25) is 9.69 Å². The Morgan fingerprint density at radius 1 is 1.33 bits per heavy atom. The number of aliphatic hydroxyl groups excluding tert-OH is 1. The minimum Gasteiger partial charge on any atom is -0.396 e. The number of carbonyl (C=O) groups is 1. The lowest BCUT2D eigenvalue weighted by atomic mass is 9.92. The first kappa shape index (κ1) is 17.9. The monoisotopic (exact) mass is 295 g/mol. The summed E-state index contributed by atoms with van der Waals surface area (Å²) in [6.45, 7) is 5.20. The molecular formula is C16H29N3O2. The fraction of sp³-hybridized carbons (Fsp3) is 0.875. The summed E-state index contributed by atoms with van der Waals surface area (Å²) in [7, 11) is 0. The van der Waals surface area contributed by atoms with Crippen molar-refractivity contribution in [2.24, 2.45) is 0 Å². The third-order valence-electron chi connectivity index (χ3n) is 4.23. The highest BCUT2D eigenvalue weighted by Crippen LogP contribution is 2.26. The minimum absolute atomic E-state index is 0.0786. The molecule has 0 heterocycles. The van der Waals surface area contributed by atoms with E-state index in [4.69, 9.17) is 5.11 Å². The fourth-order valence-corrected chi connectivity index (χ4v) is 2.88. The van der Waals surface area contributed by atoms with Gasteiger partial charge in [-0.2, -0.15) is 5.26 Å². The molecule has 2 N–H and O–H groups in total. The molecule has 1 fully saturated rings. The van der Waals surface area contributed by atoms with E-state index in [2.05, 4.69) is 11.4 Å². The van der Waals surface area contributed by atoms with Crippen molar-refractivity contribution in [1.82, 2.24) is 10.2 Å². The lowest BCUT2D eigenvalue weighted by Crippen LogP contribution is -2.51. The molecule has 0 aromatic carbocycles. The Balaban J connectivity index is 2.58. The molecule has 1 amide bonds. The van der Waals surface area contributed by atoms with Crippen molar-refractivity contribution in [2.75, 3.05) is 19.7 Å². The van der Waals surface area contributed by atoms with Gasteiger partial charge in [-0.25, -0.2) is 0 Å². The molecule has 21 heavy (non-hydrogen) atoms. The number of carbonyl (C=O) groups excluding carboxylic acids is 1. The molecule has 0 aliphatic heterocycles. The Hall–Kier alpha value is -1.12. The van der Waals surface area contributed by atoms with Crippen molar-refractivity contribution >= 4 is 5.91 Å². The normalized spacial score (nSPS) is 18.3. The van der Waals surface area contributed by atoms with Gasteiger partial charge in [-0.1, -0.05) is 25.7 Å². The quantitative estimate of drug-likeness (QED) is 0.702. The number of hydrogen-bond donors (Lipinski definition) is 2. The summed E-state index contributed by atoms with van der Waals surface area (Å²) in [6.07, 6.45) is 6.48. The molecule has 0 unspecified atom stereocenters. The third-order valence-corrected chi connectivity index (χ3v) is 4.23. The van der Waals surface area contributed by atoms with Gasteiger partial charge in [-0.05, 0) is 33.1 Å². The van der Waals surface area contributed by atoms with Crippen LogP contribution in [0.4, 0.5) is 0 Å². The van der Waals surface area contributed by atoms with Crippen LogP contribution in [0, 0.1) is 11.3 Å². The first-order valence-electron chi connectivity index (χ1n) is 8.10. The van der Waals surface area contributed by atoms with Gasteiger partial charge in [0.2, 0.25) is 5.91 Å². The highest BCUT2D eigenvalue weighted by molar-refractivity contribution is 5.79. The molecule has 0 saturated heterocycles. The zero-order valence-corrected chi connectivity index (χ0v) is 13.4. The smallest absolute Gasteiger partial charge is 0.235 e. The van der Waals surface area contributed by atoms with E-state index in [1.54, 1.807) is 0 Å². The van der Waals surface area contributed by atoms with Crippen LogP contribution < -0.4 is 5.32 Å². The van der Waals surface area contributed by atoms with E-state index < -0.39 is 5.54 Å². The molecule has 120 valence electrons. The van der Waals surface area contributed by atoms with E-state index in [9.17, 15) is 10.1 Å². The van der Waals surface area contributed by atoms with Gasteiger partial charge in [0.15, 0.2) is 0 Å². The molecule has 1 aliphatic carbocycles. The first-order chi connectivity index (χ1) is 10.0. The highest BCUT2D eigenvalue weighted by Gasteiger charge is 2.32. The summed E-state index contributed by atoms with van der Waals surface area (Å²) >= 11 is 0. The van der Waals surface area contributed by atoms with E-state index in [1.165, 1.54) is 0 Å². The van der Waals surface area contributed by atoms with Crippen LogP contribution in [0.2, 0.25) is 0 Å². The van der Waals surface area contributed by atoms with Gasteiger partial charge in [-0.15, -0.1) is 0 Å². The van der Waals surface area contributed by atoms with Crippen LogP contribution in [0.25, 0.3) is 0 Å². The maximum absolute atomic E-state index is 12.3. The van der Waals surface area contributed by atoms with Crippen molar-refractivity contribution in [3.8, 4) is 6.07 Å². The van der Waals surface area contributed by atoms with E-state index >= 15 is 0 Å². The second-order valence-electron chi connectivity index (χ2n) is 6.30. The largest absolute Gasteiger partial charge is 0.396 e. The molecule has 0 aromatic heterocycles. The lowest BCUT2D eigenvalue weighted by Gasteiger charge is -2.30. The average Bonchev–Trinajstić information content (AvgIpc) is 2.69. The Morgan fingerprint density at radius 3 is 2.43 bits per heavy atom.